The Kier molecular flexibility index (Phi) is 9.21. The first kappa shape index (κ1) is 21.0. The van der Waals surface area contributed by atoms with Crippen molar-refractivity contribution in [1.29, 1.82) is 0 Å². The third-order valence-electron chi connectivity index (χ3n) is 4.36. The van der Waals surface area contributed by atoms with E-state index in [4.69, 9.17) is 21.1 Å². The van der Waals surface area contributed by atoms with Gasteiger partial charge in [-0.1, -0.05) is 62.6 Å². The molecule has 0 heterocycles. The van der Waals surface area contributed by atoms with Crippen LogP contribution in [0.4, 0.5) is 0 Å². The molecule has 26 heavy (non-hydrogen) atoms. The van der Waals surface area contributed by atoms with Gasteiger partial charge < -0.3 is 9.47 Å². The second-order valence-electron chi connectivity index (χ2n) is 6.37. The zero-order valence-corrected chi connectivity index (χ0v) is 17.5. The van der Waals surface area contributed by atoms with Gasteiger partial charge in [-0.3, -0.25) is 0 Å². The maximum atomic E-state index is 6.68. The van der Waals surface area contributed by atoms with Gasteiger partial charge in [0.1, 0.15) is 11.5 Å². The molecular formula is C22H29ClO2S. The molecule has 0 amide bonds. The Balaban J connectivity index is 2.21. The highest BCUT2D eigenvalue weighted by molar-refractivity contribution is 7.99. The van der Waals surface area contributed by atoms with Gasteiger partial charge in [-0.25, -0.2) is 0 Å². The predicted molar refractivity (Wildman–Crippen MR) is 112 cm³/mol. The zero-order valence-electron chi connectivity index (χ0n) is 16.0. The largest absolute Gasteiger partial charge is 0.497 e. The highest BCUT2D eigenvalue weighted by atomic mass is 35.5. The maximum Gasteiger partial charge on any atom is 0.126 e. The third kappa shape index (κ3) is 6.44. The van der Waals surface area contributed by atoms with Gasteiger partial charge in [0.2, 0.25) is 0 Å². The van der Waals surface area contributed by atoms with Crippen LogP contribution in [-0.2, 0) is 6.42 Å². The van der Waals surface area contributed by atoms with Crippen LogP contribution in [-0.4, -0.2) is 19.6 Å². The predicted octanol–water partition coefficient (Wildman–Crippen LogP) is 6.98. The number of alkyl halides is 1. The summed E-state index contributed by atoms with van der Waals surface area (Å²) >= 11 is 8.40. The number of halogens is 1. The van der Waals surface area contributed by atoms with Crippen molar-refractivity contribution in [2.75, 3.05) is 14.2 Å². The van der Waals surface area contributed by atoms with Crippen molar-refractivity contribution in [3.63, 3.8) is 0 Å². The molecule has 0 aliphatic heterocycles. The Bertz CT molecular complexity index is 661. The Morgan fingerprint density at radius 1 is 1.00 bits per heavy atom. The van der Waals surface area contributed by atoms with E-state index in [2.05, 4.69) is 37.3 Å². The highest BCUT2D eigenvalue weighted by Gasteiger charge is 2.17. The lowest BCUT2D eigenvalue weighted by Crippen LogP contribution is -2.07. The SMILES string of the molecule is CCCCCCC(Cl)Cc1c(OC)cc(OC)cc1Sc1ccccc1. The van der Waals surface area contributed by atoms with Crippen molar-refractivity contribution in [3.8, 4) is 11.5 Å². The lowest BCUT2D eigenvalue weighted by atomic mass is 10.0. The third-order valence-corrected chi connectivity index (χ3v) is 5.83. The molecule has 0 radical (unpaired) electrons. The summed E-state index contributed by atoms with van der Waals surface area (Å²) in [6.45, 7) is 2.23. The molecule has 0 saturated heterocycles. The summed E-state index contributed by atoms with van der Waals surface area (Å²) in [5.74, 6) is 1.65. The molecule has 2 aromatic rings. The van der Waals surface area contributed by atoms with Gasteiger partial charge in [0.05, 0.1) is 14.2 Å². The molecule has 2 nitrogen and oxygen atoms in total. The van der Waals surface area contributed by atoms with E-state index in [9.17, 15) is 0 Å². The van der Waals surface area contributed by atoms with E-state index in [0.29, 0.717) is 0 Å². The topological polar surface area (TPSA) is 18.5 Å². The molecule has 0 bridgehead atoms. The van der Waals surface area contributed by atoms with E-state index < -0.39 is 0 Å². The summed E-state index contributed by atoms with van der Waals surface area (Å²) in [6.07, 6.45) is 6.80. The monoisotopic (exact) mass is 392 g/mol. The average Bonchev–Trinajstić information content (AvgIpc) is 2.67. The fraction of sp³-hybridized carbons (Fsp3) is 0.455. The van der Waals surface area contributed by atoms with Crippen molar-refractivity contribution in [1.82, 2.24) is 0 Å². The van der Waals surface area contributed by atoms with Crippen molar-refractivity contribution < 1.29 is 9.47 Å². The quantitative estimate of drug-likeness (QED) is 0.303. The molecule has 0 N–H and O–H groups in total. The summed E-state index contributed by atoms with van der Waals surface area (Å²) in [5.41, 5.74) is 1.16. The number of hydrogen-bond acceptors (Lipinski definition) is 3. The van der Waals surface area contributed by atoms with E-state index in [1.807, 2.05) is 12.1 Å². The number of benzene rings is 2. The van der Waals surface area contributed by atoms with Crippen LogP contribution in [0.1, 0.15) is 44.6 Å². The van der Waals surface area contributed by atoms with Gasteiger partial charge in [-0.15, -0.1) is 11.6 Å². The van der Waals surface area contributed by atoms with Gasteiger partial charge >= 0.3 is 0 Å². The second-order valence-corrected chi connectivity index (χ2v) is 8.10. The van der Waals surface area contributed by atoms with Gasteiger partial charge in [-0.05, 0) is 31.0 Å². The minimum atomic E-state index is 0.115. The number of methoxy groups -OCH3 is 2. The molecule has 0 spiro atoms. The molecule has 2 rings (SSSR count). The molecule has 1 unspecified atom stereocenters. The molecule has 142 valence electrons. The number of hydrogen-bond donors (Lipinski definition) is 0. The lowest BCUT2D eigenvalue weighted by Gasteiger charge is -2.18. The summed E-state index contributed by atoms with van der Waals surface area (Å²) < 4.78 is 11.1. The lowest BCUT2D eigenvalue weighted by molar-refractivity contribution is 0.388. The Labute approximate surface area is 167 Å². The Morgan fingerprint density at radius 2 is 1.77 bits per heavy atom. The molecular weight excluding hydrogens is 364 g/mol. The van der Waals surface area contributed by atoms with Crippen molar-refractivity contribution >= 4 is 23.4 Å². The summed E-state index contributed by atoms with van der Waals surface area (Å²) in [6, 6.07) is 14.4. The van der Waals surface area contributed by atoms with Crippen LogP contribution in [0.25, 0.3) is 0 Å². The van der Waals surface area contributed by atoms with Gasteiger partial charge in [0, 0.05) is 26.8 Å². The molecule has 0 saturated carbocycles. The van der Waals surface area contributed by atoms with E-state index in [0.717, 1.165) is 34.8 Å². The second kappa shape index (κ2) is 11.4. The Hall–Kier alpha value is -1.32. The standard InChI is InChI=1S/C22H29ClO2S/c1-4-5-6-8-11-17(23)14-20-21(25-3)15-18(24-2)16-22(20)26-19-12-9-7-10-13-19/h7,9-10,12-13,15-17H,4-6,8,11,14H2,1-3H3. The van der Waals surface area contributed by atoms with E-state index in [-0.39, 0.29) is 5.38 Å². The van der Waals surface area contributed by atoms with Crippen LogP contribution < -0.4 is 9.47 Å². The molecule has 0 fully saturated rings. The molecule has 1 atom stereocenters. The van der Waals surface area contributed by atoms with Crippen LogP contribution in [0, 0.1) is 0 Å². The normalized spacial score (nSPS) is 12.0. The molecule has 2 aromatic carbocycles. The summed E-state index contributed by atoms with van der Waals surface area (Å²) in [5, 5.41) is 0.115. The van der Waals surface area contributed by atoms with Crippen molar-refractivity contribution in [2.45, 2.75) is 60.6 Å². The molecule has 0 aromatic heterocycles. The Morgan fingerprint density at radius 3 is 2.42 bits per heavy atom. The van der Waals surface area contributed by atoms with Crippen LogP contribution in [0.3, 0.4) is 0 Å². The molecule has 0 aliphatic carbocycles. The first-order valence-corrected chi connectivity index (χ1v) is 10.5. The molecule has 4 heteroatoms. The van der Waals surface area contributed by atoms with E-state index >= 15 is 0 Å². The number of rotatable bonds is 11. The average molecular weight is 393 g/mol. The van der Waals surface area contributed by atoms with Crippen LogP contribution in [0.2, 0.25) is 0 Å². The zero-order chi connectivity index (χ0) is 18.8. The van der Waals surface area contributed by atoms with Crippen LogP contribution in [0.5, 0.6) is 11.5 Å². The maximum absolute atomic E-state index is 6.68. The number of unbranched alkanes of at least 4 members (excludes halogenated alkanes) is 3. The smallest absolute Gasteiger partial charge is 0.126 e. The highest BCUT2D eigenvalue weighted by Crippen LogP contribution is 2.39. The number of ether oxygens (including phenoxy) is 2. The minimum absolute atomic E-state index is 0.115. The molecule has 0 aliphatic rings. The summed E-state index contributed by atoms with van der Waals surface area (Å²) in [4.78, 5) is 2.34. The minimum Gasteiger partial charge on any atom is -0.497 e. The van der Waals surface area contributed by atoms with Crippen LogP contribution in [0.15, 0.2) is 52.3 Å². The van der Waals surface area contributed by atoms with Gasteiger partial charge in [0.15, 0.2) is 0 Å². The van der Waals surface area contributed by atoms with Gasteiger partial charge in [0.25, 0.3) is 0 Å². The summed E-state index contributed by atoms with van der Waals surface area (Å²) in [7, 11) is 3.39. The fourth-order valence-electron chi connectivity index (χ4n) is 2.92. The first-order valence-electron chi connectivity index (χ1n) is 9.29. The van der Waals surface area contributed by atoms with E-state index in [1.165, 1.54) is 30.6 Å². The first-order chi connectivity index (χ1) is 12.7. The van der Waals surface area contributed by atoms with Crippen LogP contribution >= 0.6 is 23.4 Å². The van der Waals surface area contributed by atoms with Crippen molar-refractivity contribution in [3.05, 3.63) is 48.0 Å². The fourth-order valence-corrected chi connectivity index (χ4v) is 4.26. The van der Waals surface area contributed by atoms with Crippen molar-refractivity contribution in [2.24, 2.45) is 0 Å². The van der Waals surface area contributed by atoms with E-state index in [1.54, 1.807) is 26.0 Å². The van der Waals surface area contributed by atoms with Gasteiger partial charge in [-0.2, -0.15) is 0 Å².